The molecule has 0 unspecified atom stereocenters. The van der Waals surface area contributed by atoms with E-state index in [0.717, 1.165) is 24.3 Å². The smallest absolute Gasteiger partial charge is 0.263 e. The van der Waals surface area contributed by atoms with Crippen molar-refractivity contribution in [3.05, 3.63) is 87.9 Å². The average Bonchev–Trinajstić information content (AvgIpc) is 2.67. The van der Waals surface area contributed by atoms with E-state index in [2.05, 4.69) is 10.0 Å². The summed E-state index contributed by atoms with van der Waals surface area (Å²) in [6, 6.07) is 12.7. The van der Waals surface area contributed by atoms with Crippen molar-refractivity contribution in [1.82, 2.24) is 0 Å². The molecule has 0 spiro atoms. The minimum atomic E-state index is -4.13. The van der Waals surface area contributed by atoms with E-state index in [-0.39, 0.29) is 31.9 Å². The number of halogens is 4. The third kappa shape index (κ3) is 4.84. The standard InChI is InChI=1S/C19H12Cl2F2N2O3S/c20-13-3-1-2-4-17(13)25-29(27,28)18-10-12(6-7-14(18)21)24-19(26)11-5-8-15(22)16(23)9-11/h1-10,25H,(H,24,26). The van der Waals surface area contributed by atoms with Gasteiger partial charge in [-0.1, -0.05) is 35.3 Å². The van der Waals surface area contributed by atoms with E-state index in [1.54, 1.807) is 12.1 Å². The van der Waals surface area contributed by atoms with Gasteiger partial charge in [-0.2, -0.15) is 0 Å². The van der Waals surface area contributed by atoms with Gasteiger partial charge >= 0.3 is 0 Å². The lowest BCUT2D eigenvalue weighted by Gasteiger charge is -2.13. The van der Waals surface area contributed by atoms with E-state index in [1.807, 2.05) is 0 Å². The highest BCUT2D eigenvalue weighted by Crippen LogP contribution is 2.29. The zero-order valence-corrected chi connectivity index (χ0v) is 16.7. The van der Waals surface area contributed by atoms with Crippen molar-refractivity contribution in [2.75, 3.05) is 10.0 Å². The second kappa shape index (κ2) is 8.36. The first-order valence-corrected chi connectivity index (χ1v) is 10.2. The highest BCUT2D eigenvalue weighted by molar-refractivity contribution is 7.92. The van der Waals surface area contributed by atoms with Gasteiger partial charge in [-0.05, 0) is 48.5 Å². The van der Waals surface area contributed by atoms with Crippen molar-refractivity contribution in [2.45, 2.75) is 4.90 Å². The van der Waals surface area contributed by atoms with Gasteiger partial charge in [0.05, 0.1) is 15.7 Å². The van der Waals surface area contributed by atoms with Crippen molar-refractivity contribution in [3.63, 3.8) is 0 Å². The molecule has 0 fully saturated rings. The van der Waals surface area contributed by atoms with Gasteiger partial charge in [-0.15, -0.1) is 0 Å². The molecule has 0 aliphatic rings. The number of anilines is 2. The summed E-state index contributed by atoms with van der Waals surface area (Å²) in [6.45, 7) is 0. The van der Waals surface area contributed by atoms with Crippen LogP contribution in [-0.2, 0) is 10.0 Å². The zero-order chi connectivity index (χ0) is 21.2. The Bertz CT molecular complexity index is 1200. The van der Waals surface area contributed by atoms with Gasteiger partial charge in [0.1, 0.15) is 4.90 Å². The van der Waals surface area contributed by atoms with E-state index in [9.17, 15) is 22.0 Å². The Kier molecular flexibility index (Phi) is 6.07. The molecule has 2 N–H and O–H groups in total. The van der Waals surface area contributed by atoms with Crippen LogP contribution in [0.2, 0.25) is 10.0 Å². The first-order valence-electron chi connectivity index (χ1n) is 8.01. The zero-order valence-electron chi connectivity index (χ0n) is 14.4. The summed E-state index contributed by atoms with van der Waals surface area (Å²) < 4.78 is 54.1. The van der Waals surface area contributed by atoms with E-state index in [4.69, 9.17) is 23.2 Å². The van der Waals surface area contributed by atoms with Gasteiger partial charge in [0.25, 0.3) is 15.9 Å². The number of hydrogen-bond donors (Lipinski definition) is 2. The number of para-hydroxylation sites is 1. The maximum Gasteiger partial charge on any atom is 0.263 e. The molecular weight excluding hydrogens is 445 g/mol. The molecule has 3 aromatic rings. The molecule has 29 heavy (non-hydrogen) atoms. The van der Waals surface area contributed by atoms with E-state index in [1.165, 1.54) is 24.3 Å². The molecule has 3 rings (SSSR count). The summed E-state index contributed by atoms with van der Waals surface area (Å²) in [5, 5.41) is 2.52. The average molecular weight is 457 g/mol. The lowest BCUT2D eigenvalue weighted by Crippen LogP contribution is -2.16. The summed E-state index contributed by atoms with van der Waals surface area (Å²) in [6.07, 6.45) is 0. The fraction of sp³-hybridized carbons (Fsp3) is 0. The number of carbonyl (C=O) groups excluding carboxylic acids is 1. The Balaban J connectivity index is 1.88. The van der Waals surface area contributed by atoms with Crippen LogP contribution in [0.25, 0.3) is 0 Å². The van der Waals surface area contributed by atoms with Gasteiger partial charge in [-0.25, -0.2) is 17.2 Å². The maximum atomic E-state index is 13.3. The van der Waals surface area contributed by atoms with Crippen molar-refractivity contribution in [3.8, 4) is 0 Å². The number of benzene rings is 3. The second-order valence-corrected chi connectivity index (χ2v) is 8.28. The molecule has 0 saturated heterocycles. The van der Waals surface area contributed by atoms with Gasteiger partial charge in [0, 0.05) is 11.3 Å². The number of carbonyl (C=O) groups is 1. The third-order valence-electron chi connectivity index (χ3n) is 3.78. The van der Waals surface area contributed by atoms with Gasteiger partial charge < -0.3 is 5.32 Å². The number of hydrogen-bond acceptors (Lipinski definition) is 3. The topological polar surface area (TPSA) is 75.3 Å². The summed E-state index contributed by atoms with van der Waals surface area (Å²) in [5.74, 6) is -3.03. The molecule has 0 aromatic heterocycles. The monoisotopic (exact) mass is 456 g/mol. The molecule has 0 bridgehead atoms. The van der Waals surface area contributed by atoms with Crippen LogP contribution in [-0.4, -0.2) is 14.3 Å². The number of nitrogens with one attached hydrogen (secondary N) is 2. The van der Waals surface area contributed by atoms with Crippen LogP contribution >= 0.6 is 23.2 Å². The Morgan fingerprint density at radius 3 is 2.28 bits per heavy atom. The summed E-state index contributed by atoms with van der Waals surface area (Å²) in [5.41, 5.74) is 0.0996. The quantitative estimate of drug-likeness (QED) is 0.544. The maximum absolute atomic E-state index is 13.3. The van der Waals surface area contributed by atoms with E-state index in [0.29, 0.717) is 0 Å². The predicted molar refractivity (Wildman–Crippen MR) is 108 cm³/mol. The van der Waals surface area contributed by atoms with Crippen LogP contribution in [0, 0.1) is 11.6 Å². The van der Waals surface area contributed by atoms with Crippen molar-refractivity contribution < 1.29 is 22.0 Å². The predicted octanol–water partition coefficient (Wildman–Crippen LogP) is 5.32. The minimum absolute atomic E-state index is 0.0867. The second-order valence-electron chi connectivity index (χ2n) is 5.81. The molecule has 1 amide bonds. The Morgan fingerprint density at radius 2 is 1.59 bits per heavy atom. The molecule has 0 heterocycles. The third-order valence-corrected chi connectivity index (χ3v) is 5.96. The Hall–Kier alpha value is -2.68. The molecular formula is C19H12Cl2F2N2O3S. The number of sulfonamides is 1. The molecule has 3 aromatic carbocycles. The first kappa shape index (κ1) is 21.0. The number of amides is 1. The minimum Gasteiger partial charge on any atom is -0.322 e. The van der Waals surface area contributed by atoms with Crippen LogP contribution in [0.3, 0.4) is 0 Å². The Labute approximate surface area is 175 Å². The van der Waals surface area contributed by atoms with Gasteiger partial charge in [0.15, 0.2) is 11.6 Å². The molecule has 0 aliphatic heterocycles. The fourth-order valence-corrected chi connectivity index (χ4v) is 4.22. The molecule has 0 radical (unpaired) electrons. The molecule has 0 aliphatic carbocycles. The van der Waals surface area contributed by atoms with Gasteiger partial charge in [0.2, 0.25) is 0 Å². The van der Waals surface area contributed by atoms with Crippen molar-refractivity contribution >= 4 is 50.5 Å². The largest absolute Gasteiger partial charge is 0.322 e. The summed E-state index contributed by atoms with van der Waals surface area (Å²) >= 11 is 12.0. The molecule has 0 saturated carbocycles. The highest BCUT2D eigenvalue weighted by atomic mass is 35.5. The molecule has 0 atom stereocenters. The lowest BCUT2D eigenvalue weighted by atomic mass is 10.2. The normalized spacial score (nSPS) is 11.2. The molecule has 150 valence electrons. The van der Waals surface area contributed by atoms with Gasteiger partial charge in [-0.3, -0.25) is 9.52 Å². The molecule has 10 heteroatoms. The van der Waals surface area contributed by atoms with Crippen LogP contribution in [0.1, 0.15) is 10.4 Å². The van der Waals surface area contributed by atoms with E-state index < -0.39 is 27.6 Å². The summed E-state index contributed by atoms with van der Waals surface area (Å²) in [4.78, 5) is 11.9. The first-order chi connectivity index (χ1) is 13.7. The van der Waals surface area contributed by atoms with Crippen LogP contribution < -0.4 is 10.0 Å². The SMILES string of the molecule is O=C(Nc1ccc(Cl)c(S(=O)(=O)Nc2ccccc2Cl)c1)c1ccc(F)c(F)c1. The Morgan fingerprint density at radius 1 is 0.862 bits per heavy atom. The highest BCUT2D eigenvalue weighted by Gasteiger charge is 2.20. The van der Waals surface area contributed by atoms with E-state index >= 15 is 0 Å². The van der Waals surface area contributed by atoms with Crippen molar-refractivity contribution in [1.29, 1.82) is 0 Å². The number of rotatable bonds is 5. The van der Waals surface area contributed by atoms with Crippen LogP contribution in [0.4, 0.5) is 20.2 Å². The molecule has 5 nitrogen and oxygen atoms in total. The van der Waals surface area contributed by atoms with Crippen molar-refractivity contribution in [2.24, 2.45) is 0 Å². The van der Waals surface area contributed by atoms with Crippen LogP contribution in [0.15, 0.2) is 65.6 Å². The summed E-state index contributed by atoms with van der Waals surface area (Å²) in [7, 11) is -4.13. The van der Waals surface area contributed by atoms with Crippen LogP contribution in [0.5, 0.6) is 0 Å². The lowest BCUT2D eigenvalue weighted by molar-refractivity contribution is 0.102. The fourth-order valence-electron chi connectivity index (χ4n) is 2.37.